The molecule has 0 unspecified atom stereocenters. The van der Waals surface area contributed by atoms with Crippen LogP contribution in [-0.4, -0.2) is 12.6 Å². The van der Waals surface area contributed by atoms with E-state index in [1.165, 1.54) is 0 Å². The summed E-state index contributed by atoms with van der Waals surface area (Å²) in [5, 5.41) is 1.93. The van der Waals surface area contributed by atoms with Crippen molar-refractivity contribution in [3.63, 3.8) is 0 Å². The molecule has 0 saturated heterocycles. The molecule has 0 atom stereocenters. The van der Waals surface area contributed by atoms with Crippen molar-refractivity contribution in [2.24, 2.45) is 0 Å². The summed E-state index contributed by atoms with van der Waals surface area (Å²) in [7, 11) is 0. The van der Waals surface area contributed by atoms with Crippen molar-refractivity contribution >= 4 is 17.2 Å². The van der Waals surface area contributed by atoms with Gasteiger partial charge in [0.05, 0.1) is 12.2 Å². The van der Waals surface area contributed by atoms with Crippen LogP contribution >= 0.6 is 0 Å². The maximum atomic E-state index is 12.1. The Morgan fingerprint density at radius 3 is 2.33 bits per heavy atom. The first-order chi connectivity index (χ1) is 15.8. The Morgan fingerprint density at radius 2 is 1.70 bits per heavy atom. The fraction of sp³-hybridized carbons (Fsp3) is 0.0714. The van der Waals surface area contributed by atoms with Crippen LogP contribution in [0.25, 0.3) is 11.0 Å². The van der Waals surface area contributed by atoms with E-state index in [1.54, 1.807) is 13.0 Å². The summed E-state index contributed by atoms with van der Waals surface area (Å²) in [4.78, 5) is 12.1. The summed E-state index contributed by atoms with van der Waals surface area (Å²) in [5.74, 6) is -0.315. The average Bonchev–Trinajstić information content (AvgIpc) is 3.63. The van der Waals surface area contributed by atoms with E-state index in [-0.39, 0.29) is 23.0 Å². The summed E-state index contributed by atoms with van der Waals surface area (Å²) < 4.78 is 5.14. The quantitative estimate of drug-likeness (QED) is 0.236. The second kappa shape index (κ2) is 11.8. The molecule has 3 aromatic rings. The van der Waals surface area contributed by atoms with Gasteiger partial charge in [-0.3, -0.25) is 0 Å². The number of carbonyl (C=O) groups is 1. The maximum absolute atomic E-state index is 12.1. The van der Waals surface area contributed by atoms with E-state index < -0.39 is 0 Å². The zero-order chi connectivity index (χ0) is 22.2. The summed E-state index contributed by atoms with van der Waals surface area (Å²) in [5.41, 5.74) is 10.1. The van der Waals surface area contributed by atoms with Gasteiger partial charge in [0.2, 0.25) is 0 Å². The van der Waals surface area contributed by atoms with Crippen molar-refractivity contribution in [1.82, 2.24) is 0 Å². The molecule has 0 spiro atoms. The number of allylic oxidation sites excluding steroid dienone is 6. The Kier molecular flexibility index (Phi) is 8.59. The SMILES string of the molecule is CCOC(=O)c1cccc(C2=C[N-]N(c3ccccc3)C2=C2C=CC=C2)c1.[Fe+2].c1cc[cH-]c1. The summed E-state index contributed by atoms with van der Waals surface area (Å²) in [6.45, 7) is 2.16. The summed E-state index contributed by atoms with van der Waals surface area (Å²) in [6, 6.07) is 27.5. The number of rotatable bonds is 4. The van der Waals surface area contributed by atoms with Crippen molar-refractivity contribution in [2.75, 3.05) is 11.6 Å². The Balaban J connectivity index is 0.000000453. The fourth-order valence-electron chi connectivity index (χ4n) is 3.48. The van der Waals surface area contributed by atoms with E-state index in [0.29, 0.717) is 12.2 Å². The van der Waals surface area contributed by atoms with Gasteiger partial charge in [-0.05, 0) is 47.9 Å². The molecule has 1 aliphatic carbocycles. The maximum Gasteiger partial charge on any atom is 2.00 e. The van der Waals surface area contributed by atoms with Crippen LogP contribution in [0, 0.1) is 0 Å². The van der Waals surface area contributed by atoms with Gasteiger partial charge < -0.3 is 15.2 Å². The topological polar surface area (TPSA) is 43.6 Å². The largest absolute Gasteiger partial charge is 2.00 e. The molecule has 5 rings (SSSR count). The van der Waals surface area contributed by atoms with Crippen molar-refractivity contribution in [3.8, 4) is 0 Å². The first-order valence-corrected chi connectivity index (χ1v) is 10.6. The van der Waals surface area contributed by atoms with Crippen LogP contribution < -0.4 is 5.01 Å². The van der Waals surface area contributed by atoms with Crippen molar-refractivity contribution in [2.45, 2.75) is 6.92 Å². The van der Waals surface area contributed by atoms with Gasteiger partial charge in [0.15, 0.2) is 0 Å². The van der Waals surface area contributed by atoms with Gasteiger partial charge >= 0.3 is 23.0 Å². The number of benzene rings is 2. The van der Waals surface area contributed by atoms with E-state index in [2.05, 4.69) is 17.6 Å². The zero-order valence-corrected chi connectivity index (χ0v) is 19.3. The Labute approximate surface area is 205 Å². The molecule has 2 aliphatic rings. The number of carbonyl (C=O) groups excluding carboxylic acids is 1. The third-order valence-electron chi connectivity index (χ3n) is 4.95. The van der Waals surface area contributed by atoms with E-state index in [0.717, 1.165) is 28.1 Å². The van der Waals surface area contributed by atoms with Crippen LogP contribution in [0.5, 0.6) is 0 Å². The van der Waals surface area contributed by atoms with Gasteiger partial charge in [-0.2, -0.15) is 24.4 Å². The molecule has 0 N–H and O–H groups in total. The molecule has 4 nitrogen and oxygen atoms in total. The van der Waals surface area contributed by atoms with Gasteiger partial charge in [0.25, 0.3) is 0 Å². The Morgan fingerprint density at radius 1 is 0.970 bits per heavy atom. The summed E-state index contributed by atoms with van der Waals surface area (Å²) in [6.07, 6.45) is 10.00. The fourth-order valence-corrected chi connectivity index (χ4v) is 3.48. The van der Waals surface area contributed by atoms with Crippen LogP contribution in [0.2, 0.25) is 0 Å². The second-order valence-electron chi connectivity index (χ2n) is 7.09. The molecule has 0 radical (unpaired) electrons. The normalized spacial score (nSPS) is 13.6. The number of nitrogens with zero attached hydrogens (tertiary/aromatic N) is 2. The molecule has 1 aliphatic heterocycles. The van der Waals surface area contributed by atoms with Gasteiger partial charge in [-0.15, -0.1) is 0 Å². The second-order valence-corrected chi connectivity index (χ2v) is 7.09. The van der Waals surface area contributed by atoms with E-state index in [9.17, 15) is 4.79 Å². The van der Waals surface area contributed by atoms with Crippen molar-refractivity contribution < 1.29 is 26.6 Å². The standard InChI is InChI=1S/C23H19N2O2.C5H5.Fe/c1-2-27-23(26)19-12-8-11-18(15-19)21-16-24-25(20-13-4-3-5-14-20)22(21)17-9-6-7-10-17;1-2-4-5-3-1;/h3-16H,2H2,1H3;1-5H;/q2*-1;+2. The molecule has 5 heteroatoms. The minimum absolute atomic E-state index is 0. The molecule has 0 bridgehead atoms. The third kappa shape index (κ3) is 5.78. The molecule has 0 aromatic heterocycles. The molecule has 0 fully saturated rings. The molecule has 0 saturated carbocycles. The first kappa shape index (κ1) is 24.0. The first-order valence-electron chi connectivity index (χ1n) is 10.6. The van der Waals surface area contributed by atoms with Crippen molar-refractivity contribution in [1.29, 1.82) is 0 Å². The average molecular weight is 476 g/mol. The molecule has 33 heavy (non-hydrogen) atoms. The predicted molar refractivity (Wildman–Crippen MR) is 130 cm³/mol. The minimum atomic E-state index is -0.315. The van der Waals surface area contributed by atoms with Crippen LogP contribution in [-0.2, 0) is 21.8 Å². The van der Waals surface area contributed by atoms with E-state index in [4.69, 9.17) is 4.74 Å². The number of para-hydroxylation sites is 1. The van der Waals surface area contributed by atoms with Crippen LogP contribution in [0.3, 0.4) is 0 Å². The third-order valence-corrected chi connectivity index (χ3v) is 4.95. The molecule has 3 aromatic carbocycles. The number of ether oxygens (including phenoxy) is 1. The molecular formula is C28H24FeN2O2. The number of hydrogen-bond donors (Lipinski definition) is 0. The summed E-state index contributed by atoms with van der Waals surface area (Å²) >= 11 is 0. The minimum Gasteiger partial charge on any atom is -0.596 e. The zero-order valence-electron chi connectivity index (χ0n) is 18.2. The molecule has 166 valence electrons. The molecule has 1 heterocycles. The van der Waals surface area contributed by atoms with E-state index in [1.807, 2.05) is 102 Å². The predicted octanol–water partition coefficient (Wildman–Crippen LogP) is 6.80. The number of esters is 1. The number of anilines is 1. The van der Waals surface area contributed by atoms with E-state index >= 15 is 0 Å². The van der Waals surface area contributed by atoms with Gasteiger partial charge in [0, 0.05) is 11.4 Å². The van der Waals surface area contributed by atoms with Gasteiger partial charge in [-0.25, -0.2) is 16.9 Å². The van der Waals surface area contributed by atoms with Crippen LogP contribution in [0.15, 0.2) is 127 Å². The van der Waals surface area contributed by atoms with Gasteiger partial charge in [0.1, 0.15) is 0 Å². The Bertz CT molecular complexity index is 1140. The number of hydrogen-bond acceptors (Lipinski definition) is 3. The van der Waals surface area contributed by atoms with Gasteiger partial charge in [-0.1, -0.05) is 54.6 Å². The molecule has 0 amide bonds. The molecular weight excluding hydrogens is 452 g/mol. The monoisotopic (exact) mass is 476 g/mol. The van der Waals surface area contributed by atoms with Crippen molar-refractivity contribution in [3.05, 3.63) is 143 Å². The van der Waals surface area contributed by atoms with Crippen LogP contribution in [0.4, 0.5) is 5.69 Å². The smallest absolute Gasteiger partial charge is 0.596 e. The van der Waals surface area contributed by atoms with Crippen LogP contribution in [0.1, 0.15) is 22.8 Å². The Hall–Kier alpha value is -3.66.